The lowest BCUT2D eigenvalue weighted by atomic mass is 10.1. The van der Waals surface area contributed by atoms with Crippen molar-refractivity contribution in [1.29, 1.82) is 0 Å². The smallest absolute Gasteiger partial charge is 0.191 e. The molecular weight excluding hydrogens is 432 g/mol. The van der Waals surface area contributed by atoms with Gasteiger partial charge >= 0.3 is 0 Å². The van der Waals surface area contributed by atoms with Gasteiger partial charge in [0.15, 0.2) is 15.3 Å². The fraction of sp³-hybridized carbons (Fsp3) is 0.273. The number of hydrogen-bond acceptors (Lipinski definition) is 7. The Bertz CT molecular complexity index is 1120. The third-order valence-corrected chi connectivity index (χ3v) is 7.87. The quantitative estimate of drug-likeness (QED) is 0.237. The molecule has 0 spiro atoms. The minimum atomic E-state index is 0.110. The molecule has 2 aromatic heterocycles. The Morgan fingerprint density at radius 2 is 1.83 bits per heavy atom. The second kappa shape index (κ2) is 9.76. The minimum Gasteiger partial charge on any atom is -0.306 e. The van der Waals surface area contributed by atoms with E-state index in [1.807, 2.05) is 42.5 Å². The zero-order valence-corrected chi connectivity index (χ0v) is 19.3. The molecule has 8 heteroatoms. The van der Waals surface area contributed by atoms with Gasteiger partial charge in [0, 0.05) is 12.1 Å². The summed E-state index contributed by atoms with van der Waals surface area (Å²) in [6.07, 6.45) is 0.973. The highest BCUT2D eigenvalue weighted by Crippen LogP contribution is 2.31. The molecule has 0 unspecified atom stereocenters. The monoisotopic (exact) mass is 454 g/mol. The topological polar surface area (TPSA) is 60.7 Å². The van der Waals surface area contributed by atoms with E-state index in [-0.39, 0.29) is 5.78 Å². The summed E-state index contributed by atoms with van der Waals surface area (Å²) in [7, 11) is 0. The van der Waals surface area contributed by atoms with Crippen molar-refractivity contribution in [2.24, 2.45) is 0 Å². The SMILES string of the molecule is CCc1ccc(C(=O)CSc2nnc(CSc3nc4ccccc4s3)n2CC)cc1. The van der Waals surface area contributed by atoms with Crippen molar-refractivity contribution in [1.82, 2.24) is 19.7 Å². The number of Topliss-reactive ketones (excluding diaryl/α,β-unsaturated/α-hetero) is 1. The Morgan fingerprint density at radius 1 is 1.03 bits per heavy atom. The van der Waals surface area contributed by atoms with Crippen molar-refractivity contribution < 1.29 is 4.79 Å². The molecule has 0 radical (unpaired) electrons. The summed E-state index contributed by atoms with van der Waals surface area (Å²) in [5.41, 5.74) is 3.01. The van der Waals surface area contributed by atoms with Gasteiger partial charge in [-0.2, -0.15) is 0 Å². The highest BCUT2D eigenvalue weighted by Gasteiger charge is 2.15. The number of carbonyl (C=O) groups excluding carboxylic acids is 1. The fourth-order valence-corrected chi connectivity index (χ4v) is 5.95. The first-order valence-electron chi connectivity index (χ1n) is 9.83. The van der Waals surface area contributed by atoms with Gasteiger partial charge < -0.3 is 4.57 Å². The molecule has 0 N–H and O–H groups in total. The van der Waals surface area contributed by atoms with Gasteiger partial charge in [0.25, 0.3) is 0 Å². The van der Waals surface area contributed by atoms with E-state index >= 15 is 0 Å². The predicted octanol–water partition coefficient (Wildman–Crippen LogP) is 5.74. The average Bonchev–Trinajstić information content (AvgIpc) is 3.38. The number of aryl methyl sites for hydroxylation is 1. The number of nitrogens with zero attached hydrogens (tertiary/aromatic N) is 4. The van der Waals surface area contributed by atoms with Crippen molar-refractivity contribution in [2.45, 2.75) is 42.1 Å². The molecule has 5 nitrogen and oxygen atoms in total. The largest absolute Gasteiger partial charge is 0.306 e. The van der Waals surface area contributed by atoms with Crippen LogP contribution in [0, 0.1) is 0 Å². The highest BCUT2D eigenvalue weighted by molar-refractivity contribution is 8.00. The Morgan fingerprint density at radius 3 is 2.57 bits per heavy atom. The second-order valence-electron chi connectivity index (χ2n) is 6.64. The number of rotatable bonds is 9. The normalized spacial score (nSPS) is 11.3. The zero-order valence-electron chi connectivity index (χ0n) is 16.9. The van der Waals surface area contributed by atoms with Gasteiger partial charge in [0.05, 0.1) is 21.7 Å². The standard InChI is InChI=1S/C22H22N4OS3/c1-3-15-9-11-16(12-10-15)18(27)13-28-21-25-24-20(26(21)4-2)14-29-22-23-17-7-5-6-8-19(17)30-22/h5-12H,3-4,13-14H2,1-2H3. The molecule has 0 fully saturated rings. The van der Waals surface area contributed by atoms with E-state index in [0.29, 0.717) is 11.5 Å². The molecule has 2 aromatic carbocycles. The van der Waals surface area contributed by atoms with Crippen LogP contribution in [0.2, 0.25) is 0 Å². The predicted molar refractivity (Wildman–Crippen MR) is 126 cm³/mol. The molecule has 0 aliphatic rings. The van der Waals surface area contributed by atoms with Gasteiger partial charge in [0.2, 0.25) is 0 Å². The van der Waals surface area contributed by atoms with Crippen LogP contribution in [-0.4, -0.2) is 31.3 Å². The van der Waals surface area contributed by atoms with E-state index in [1.165, 1.54) is 22.0 Å². The Balaban J connectivity index is 1.39. The number of benzene rings is 2. The van der Waals surface area contributed by atoms with Crippen LogP contribution in [0.25, 0.3) is 10.2 Å². The third-order valence-electron chi connectivity index (χ3n) is 4.73. The van der Waals surface area contributed by atoms with Crippen LogP contribution < -0.4 is 0 Å². The maximum atomic E-state index is 12.5. The number of ketones is 1. The van der Waals surface area contributed by atoms with Crippen molar-refractivity contribution in [3.05, 3.63) is 65.5 Å². The van der Waals surface area contributed by atoms with Crippen LogP contribution in [0.5, 0.6) is 0 Å². The van der Waals surface area contributed by atoms with Gasteiger partial charge in [-0.25, -0.2) is 4.98 Å². The summed E-state index contributed by atoms with van der Waals surface area (Å²) in [6.45, 7) is 4.95. The summed E-state index contributed by atoms with van der Waals surface area (Å²) in [6, 6.07) is 16.0. The van der Waals surface area contributed by atoms with E-state index in [2.05, 4.69) is 39.7 Å². The molecule has 4 rings (SSSR count). The first-order chi connectivity index (χ1) is 14.7. The van der Waals surface area contributed by atoms with E-state index in [1.54, 1.807) is 23.1 Å². The molecule has 154 valence electrons. The molecule has 0 bridgehead atoms. The van der Waals surface area contributed by atoms with Crippen molar-refractivity contribution in [2.75, 3.05) is 5.75 Å². The van der Waals surface area contributed by atoms with E-state index in [0.717, 1.165) is 39.4 Å². The molecule has 0 aliphatic carbocycles. The summed E-state index contributed by atoms with van der Waals surface area (Å²) in [5, 5.41) is 9.48. The van der Waals surface area contributed by atoms with Crippen molar-refractivity contribution >= 4 is 50.9 Å². The minimum absolute atomic E-state index is 0.110. The maximum Gasteiger partial charge on any atom is 0.191 e. The molecule has 4 aromatic rings. The highest BCUT2D eigenvalue weighted by atomic mass is 32.2. The van der Waals surface area contributed by atoms with E-state index < -0.39 is 0 Å². The van der Waals surface area contributed by atoms with Crippen LogP contribution >= 0.6 is 34.9 Å². The maximum absolute atomic E-state index is 12.5. The summed E-state index contributed by atoms with van der Waals surface area (Å²) < 4.78 is 4.30. The first kappa shape index (κ1) is 21.1. The number of thiazole rings is 1. The Labute approximate surface area is 188 Å². The van der Waals surface area contributed by atoms with Gasteiger partial charge in [-0.3, -0.25) is 4.79 Å². The van der Waals surface area contributed by atoms with Gasteiger partial charge in [-0.05, 0) is 31.0 Å². The fourth-order valence-electron chi connectivity index (χ4n) is 3.03. The molecule has 30 heavy (non-hydrogen) atoms. The van der Waals surface area contributed by atoms with Crippen LogP contribution in [0.3, 0.4) is 0 Å². The van der Waals surface area contributed by atoms with Crippen molar-refractivity contribution in [3.8, 4) is 0 Å². The first-order valence-corrected chi connectivity index (χ1v) is 12.6. The molecular formula is C22H22N4OS3. The third kappa shape index (κ3) is 4.77. The summed E-state index contributed by atoms with van der Waals surface area (Å²) in [5.74, 6) is 2.07. The molecule has 0 atom stereocenters. The Hall–Kier alpha value is -2.16. The Kier molecular flexibility index (Phi) is 6.86. The lowest BCUT2D eigenvalue weighted by molar-refractivity contribution is 0.102. The zero-order chi connectivity index (χ0) is 20.9. The summed E-state index contributed by atoms with van der Waals surface area (Å²) >= 11 is 4.82. The number of thioether (sulfide) groups is 2. The number of carbonyl (C=O) groups is 1. The number of aromatic nitrogens is 4. The number of para-hydroxylation sites is 1. The average molecular weight is 455 g/mol. The molecule has 2 heterocycles. The van der Waals surface area contributed by atoms with E-state index in [9.17, 15) is 4.79 Å². The lowest BCUT2D eigenvalue weighted by Gasteiger charge is -2.06. The van der Waals surface area contributed by atoms with Crippen molar-refractivity contribution in [3.63, 3.8) is 0 Å². The summed E-state index contributed by atoms with van der Waals surface area (Å²) in [4.78, 5) is 17.2. The number of fused-ring (bicyclic) bond motifs is 1. The van der Waals surface area contributed by atoms with Crippen LogP contribution in [0.4, 0.5) is 0 Å². The van der Waals surface area contributed by atoms with Crippen LogP contribution in [-0.2, 0) is 18.7 Å². The van der Waals surface area contributed by atoms with E-state index in [4.69, 9.17) is 0 Å². The van der Waals surface area contributed by atoms with Gasteiger partial charge in [-0.15, -0.1) is 21.5 Å². The second-order valence-corrected chi connectivity index (χ2v) is 9.84. The molecule has 0 aliphatic heterocycles. The molecule has 0 saturated heterocycles. The van der Waals surface area contributed by atoms with Gasteiger partial charge in [0.1, 0.15) is 5.82 Å². The molecule has 0 saturated carbocycles. The molecule has 0 amide bonds. The number of hydrogen-bond donors (Lipinski definition) is 0. The van der Waals surface area contributed by atoms with Gasteiger partial charge in [-0.1, -0.05) is 66.8 Å². The van der Waals surface area contributed by atoms with Crippen LogP contribution in [0.1, 0.15) is 35.6 Å². The lowest BCUT2D eigenvalue weighted by Crippen LogP contribution is -2.06. The van der Waals surface area contributed by atoms with Crippen LogP contribution in [0.15, 0.2) is 58.0 Å².